The number of hydrogen-bond acceptors (Lipinski definition) is 3. The molecular formula is C14H20BrN5O. The minimum atomic E-state index is -0.0739. The van der Waals surface area contributed by atoms with Gasteiger partial charge in [0, 0.05) is 32.0 Å². The van der Waals surface area contributed by atoms with Crippen LogP contribution >= 0.6 is 15.9 Å². The summed E-state index contributed by atoms with van der Waals surface area (Å²) in [7, 11) is 1.81. The molecule has 6 nitrogen and oxygen atoms in total. The molecule has 1 N–H and O–H groups in total. The molecule has 0 unspecified atom stereocenters. The van der Waals surface area contributed by atoms with Gasteiger partial charge in [-0.2, -0.15) is 10.2 Å². The Morgan fingerprint density at radius 2 is 2.00 bits per heavy atom. The van der Waals surface area contributed by atoms with Gasteiger partial charge in [-0.1, -0.05) is 0 Å². The average molecular weight is 354 g/mol. The van der Waals surface area contributed by atoms with E-state index >= 15 is 0 Å². The third-order valence-corrected chi connectivity index (χ3v) is 4.53. The van der Waals surface area contributed by atoms with Crippen molar-refractivity contribution in [1.82, 2.24) is 24.9 Å². The number of carbonyl (C=O) groups excluding carboxylic acids is 1. The largest absolute Gasteiger partial charge is 0.352 e. The number of hydrogen-bond donors (Lipinski definition) is 1. The SMILES string of the molecule is Cc1nn(C)cc1C(=O)NCCCn1nc(C)c(Br)c1C. The minimum Gasteiger partial charge on any atom is -0.352 e. The van der Waals surface area contributed by atoms with Crippen LogP contribution in [0.4, 0.5) is 0 Å². The zero-order chi connectivity index (χ0) is 15.6. The first-order valence-electron chi connectivity index (χ1n) is 6.88. The fraction of sp³-hybridized carbons (Fsp3) is 0.500. The zero-order valence-electron chi connectivity index (χ0n) is 12.8. The van der Waals surface area contributed by atoms with Gasteiger partial charge in [-0.05, 0) is 43.1 Å². The maximum absolute atomic E-state index is 12.0. The lowest BCUT2D eigenvalue weighted by Crippen LogP contribution is -2.25. The van der Waals surface area contributed by atoms with E-state index in [4.69, 9.17) is 0 Å². The van der Waals surface area contributed by atoms with Crippen LogP contribution in [0.5, 0.6) is 0 Å². The second-order valence-corrected chi connectivity index (χ2v) is 5.91. The van der Waals surface area contributed by atoms with E-state index in [0.29, 0.717) is 12.1 Å². The second kappa shape index (κ2) is 6.43. The molecule has 0 aliphatic heterocycles. The predicted molar refractivity (Wildman–Crippen MR) is 84.3 cm³/mol. The third kappa shape index (κ3) is 3.53. The molecule has 7 heteroatoms. The molecule has 2 aromatic rings. The molecule has 0 radical (unpaired) electrons. The van der Waals surface area contributed by atoms with Crippen LogP contribution in [0, 0.1) is 20.8 Å². The molecule has 0 fully saturated rings. The molecule has 21 heavy (non-hydrogen) atoms. The summed E-state index contributed by atoms with van der Waals surface area (Å²) in [5.41, 5.74) is 3.48. The number of carbonyl (C=O) groups is 1. The highest BCUT2D eigenvalue weighted by Crippen LogP contribution is 2.19. The van der Waals surface area contributed by atoms with Gasteiger partial charge in [0.15, 0.2) is 0 Å². The van der Waals surface area contributed by atoms with Crippen LogP contribution < -0.4 is 5.32 Å². The molecule has 0 saturated carbocycles. The van der Waals surface area contributed by atoms with Crippen LogP contribution in [0.3, 0.4) is 0 Å². The average Bonchev–Trinajstić information content (AvgIpc) is 2.89. The lowest BCUT2D eigenvalue weighted by atomic mass is 10.2. The van der Waals surface area contributed by atoms with Gasteiger partial charge in [0.2, 0.25) is 0 Å². The van der Waals surface area contributed by atoms with E-state index in [1.54, 1.807) is 10.9 Å². The molecule has 0 aliphatic rings. The highest BCUT2D eigenvalue weighted by molar-refractivity contribution is 9.10. The minimum absolute atomic E-state index is 0.0739. The van der Waals surface area contributed by atoms with Crippen molar-refractivity contribution in [3.63, 3.8) is 0 Å². The fourth-order valence-electron chi connectivity index (χ4n) is 2.24. The Hall–Kier alpha value is -1.63. The van der Waals surface area contributed by atoms with E-state index in [-0.39, 0.29) is 5.91 Å². The van der Waals surface area contributed by atoms with Gasteiger partial charge in [-0.25, -0.2) is 0 Å². The first-order chi connectivity index (χ1) is 9.90. The summed E-state index contributed by atoms with van der Waals surface area (Å²) >= 11 is 3.51. The van der Waals surface area contributed by atoms with Gasteiger partial charge in [-0.15, -0.1) is 0 Å². The zero-order valence-corrected chi connectivity index (χ0v) is 14.4. The summed E-state index contributed by atoms with van der Waals surface area (Å²) in [6.45, 7) is 7.23. The fourth-order valence-corrected chi connectivity index (χ4v) is 2.53. The molecule has 0 spiro atoms. The maximum Gasteiger partial charge on any atom is 0.254 e. The standard InChI is InChI=1S/C14H20BrN5O/c1-9-12(8-19(4)17-9)14(21)16-6-5-7-20-11(3)13(15)10(2)18-20/h8H,5-7H2,1-4H3,(H,16,21). The molecule has 2 rings (SSSR count). The number of rotatable bonds is 5. The molecule has 2 aromatic heterocycles. The molecule has 0 aliphatic carbocycles. The number of halogens is 1. The Bertz CT molecular complexity index is 659. The number of aryl methyl sites for hydroxylation is 4. The van der Waals surface area contributed by atoms with E-state index in [9.17, 15) is 4.79 Å². The molecular weight excluding hydrogens is 334 g/mol. The Labute approximate surface area is 132 Å². The van der Waals surface area contributed by atoms with Gasteiger partial charge >= 0.3 is 0 Å². The second-order valence-electron chi connectivity index (χ2n) is 5.12. The van der Waals surface area contributed by atoms with Gasteiger partial charge in [-0.3, -0.25) is 14.2 Å². The molecule has 114 valence electrons. The van der Waals surface area contributed by atoms with Gasteiger partial charge in [0.1, 0.15) is 0 Å². The van der Waals surface area contributed by atoms with Crippen LogP contribution in [-0.2, 0) is 13.6 Å². The van der Waals surface area contributed by atoms with E-state index in [1.165, 1.54) is 0 Å². The van der Waals surface area contributed by atoms with Crippen molar-refractivity contribution in [2.75, 3.05) is 6.54 Å². The van der Waals surface area contributed by atoms with Crippen molar-refractivity contribution in [1.29, 1.82) is 0 Å². The lowest BCUT2D eigenvalue weighted by Gasteiger charge is -2.06. The first-order valence-corrected chi connectivity index (χ1v) is 7.67. The molecule has 0 saturated heterocycles. The summed E-state index contributed by atoms with van der Waals surface area (Å²) in [4.78, 5) is 12.0. The molecule has 0 atom stereocenters. The van der Waals surface area contributed by atoms with Crippen molar-refractivity contribution < 1.29 is 4.79 Å². The quantitative estimate of drug-likeness (QED) is 0.837. The maximum atomic E-state index is 12.0. The number of nitrogens with one attached hydrogen (secondary N) is 1. The number of aromatic nitrogens is 4. The summed E-state index contributed by atoms with van der Waals surface area (Å²) in [5.74, 6) is -0.0739. The Morgan fingerprint density at radius 1 is 1.29 bits per heavy atom. The smallest absolute Gasteiger partial charge is 0.254 e. The lowest BCUT2D eigenvalue weighted by molar-refractivity contribution is 0.0952. The summed E-state index contributed by atoms with van der Waals surface area (Å²) < 4.78 is 4.66. The van der Waals surface area contributed by atoms with Crippen molar-refractivity contribution in [2.45, 2.75) is 33.7 Å². The van der Waals surface area contributed by atoms with Crippen molar-refractivity contribution >= 4 is 21.8 Å². The van der Waals surface area contributed by atoms with E-state index in [0.717, 1.165) is 34.5 Å². The van der Waals surface area contributed by atoms with Gasteiger partial charge < -0.3 is 5.32 Å². The Kier molecular flexibility index (Phi) is 4.82. The van der Waals surface area contributed by atoms with Gasteiger partial charge in [0.05, 0.1) is 21.4 Å². The molecule has 0 bridgehead atoms. The molecule has 2 heterocycles. The molecule has 0 aromatic carbocycles. The Morgan fingerprint density at radius 3 is 2.52 bits per heavy atom. The van der Waals surface area contributed by atoms with Crippen LogP contribution in [0.1, 0.15) is 33.9 Å². The van der Waals surface area contributed by atoms with E-state index < -0.39 is 0 Å². The molecule has 1 amide bonds. The van der Waals surface area contributed by atoms with Gasteiger partial charge in [0.25, 0.3) is 5.91 Å². The highest BCUT2D eigenvalue weighted by Gasteiger charge is 2.12. The topological polar surface area (TPSA) is 64.7 Å². The summed E-state index contributed by atoms with van der Waals surface area (Å²) in [5, 5.41) is 11.5. The van der Waals surface area contributed by atoms with Crippen molar-refractivity contribution in [3.8, 4) is 0 Å². The van der Waals surface area contributed by atoms with Crippen molar-refractivity contribution in [3.05, 3.63) is 33.3 Å². The highest BCUT2D eigenvalue weighted by atomic mass is 79.9. The normalized spacial score (nSPS) is 10.9. The number of amides is 1. The third-order valence-electron chi connectivity index (χ3n) is 3.38. The van der Waals surface area contributed by atoms with Crippen LogP contribution in [-0.4, -0.2) is 32.0 Å². The van der Waals surface area contributed by atoms with Crippen LogP contribution in [0.2, 0.25) is 0 Å². The first kappa shape index (κ1) is 15.8. The number of nitrogens with zero attached hydrogens (tertiary/aromatic N) is 4. The Balaban J connectivity index is 1.83. The van der Waals surface area contributed by atoms with Crippen LogP contribution in [0.15, 0.2) is 10.7 Å². The summed E-state index contributed by atoms with van der Waals surface area (Å²) in [6, 6.07) is 0. The monoisotopic (exact) mass is 353 g/mol. The van der Waals surface area contributed by atoms with Crippen molar-refractivity contribution in [2.24, 2.45) is 7.05 Å². The van der Waals surface area contributed by atoms with E-state index in [2.05, 4.69) is 31.4 Å². The summed E-state index contributed by atoms with van der Waals surface area (Å²) in [6.07, 6.45) is 2.57. The van der Waals surface area contributed by atoms with E-state index in [1.807, 2.05) is 32.5 Å². The van der Waals surface area contributed by atoms with Crippen LogP contribution in [0.25, 0.3) is 0 Å². The predicted octanol–water partition coefficient (Wildman–Crippen LogP) is 2.12.